The number of nitrogens with zero attached hydrogens (tertiary/aromatic N) is 6. The topological polar surface area (TPSA) is 134 Å². The molecule has 4 N–H and O–H groups in total. The minimum atomic E-state index is -4.45. The van der Waals surface area contributed by atoms with Crippen molar-refractivity contribution < 1.29 is 41.7 Å². The second-order valence-electron chi connectivity index (χ2n) is 13.9. The summed E-state index contributed by atoms with van der Waals surface area (Å²) in [6, 6.07) is 7.36. The van der Waals surface area contributed by atoms with Gasteiger partial charge in [-0.1, -0.05) is 23.7 Å². The van der Waals surface area contributed by atoms with Crippen LogP contribution in [0.25, 0.3) is 43.9 Å². The van der Waals surface area contributed by atoms with Crippen molar-refractivity contribution in [3.8, 4) is 0 Å². The first kappa shape index (κ1) is 38.0. The number of alkyl halides is 6. The SMILES string of the molecule is OC1CCC(n2cnc3c(Cl)nc4cc(C(F)(F)F)ccc4c32)CC1.OCCCNc1nc2cc(C(F)(F)F)ccc2c2c1ncn2C1CCC(O)CC1. The molecule has 10 nitrogen and oxygen atoms in total. The third-order valence-electron chi connectivity index (χ3n) is 10.4. The highest BCUT2D eigenvalue weighted by atomic mass is 35.5. The average Bonchev–Trinajstić information content (AvgIpc) is 3.78. The van der Waals surface area contributed by atoms with Crippen molar-refractivity contribution in [3.05, 3.63) is 65.3 Å². The van der Waals surface area contributed by atoms with E-state index in [1.165, 1.54) is 12.1 Å². The van der Waals surface area contributed by atoms with E-state index in [0.717, 1.165) is 55.5 Å². The van der Waals surface area contributed by atoms with Crippen molar-refractivity contribution >= 4 is 61.3 Å². The zero-order valence-corrected chi connectivity index (χ0v) is 29.6. The maximum atomic E-state index is 13.2. The number of aliphatic hydroxyl groups is 3. The van der Waals surface area contributed by atoms with Gasteiger partial charge < -0.3 is 29.8 Å². The van der Waals surface area contributed by atoms with Gasteiger partial charge in [0.15, 0.2) is 11.0 Å². The van der Waals surface area contributed by atoms with Gasteiger partial charge in [-0.2, -0.15) is 26.3 Å². The zero-order chi connectivity index (χ0) is 38.4. The summed E-state index contributed by atoms with van der Waals surface area (Å²) in [4.78, 5) is 17.3. The number of aromatic nitrogens is 6. The molecule has 0 unspecified atom stereocenters. The number of imidazole rings is 2. The van der Waals surface area contributed by atoms with Crippen molar-refractivity contribution in [3.63, 3.8) is 0 Å². The van der Waals surface area contributed by atoms with Gasteiger partial charge in [0.25, 0.3) is 0 Å². The van der Waals surface area contributed by atoms with Crippen LogP contribution >= 0.6 is 11.6 Å². The number of hydrogen-bond acceptors (Lipinski definition) is 8. The second kappa shape index (κ2) is 15.1. The van der Waals surface area contributed by atoms with Gasteiger partial charge in [-0.25, -0.2) is 19.9 Å². The van der Waals surface area contributed by atoms with E-state index in [1.54, 1.807) is 12.7 Å². The molecule has 0 spiro atoms. The summed E-state index contributed by atoms with van der Waals surface area (Å²) in [6.45, 7) is 0.437. The summed E-state index contributed by atoms with van der Waals surface area (Å²) in [6.07, 6.45) is 0.293. The van der Waals surface area contributed by atoms with Gasteiger partial charge in [0, 0.05) is 36.0 Å². The Bertz CT molecular complexity index is 2280. The Labute approximate surface area is 309 Å². The molecule has 0 atom stereocenters. The zero-order valence-electron chi connectivity index (χ0n) is 28.9. The highest BCUT2D eigenvalue weighted by molar-refractivity contribution is 6.35. The van der Waals surface area contributed by atoms with Gasteiger partial charge in [-0.15, -0.1) is 0 Å². The molecule has 8 rings (SSSR count). The lowest BCUT2D eigenvalue weighted by Crippen LogP contribution is -2.20. The number of halogens is 7. The van der Waals surface area contributed by atoms with Gasteiger partial charge in [-0.05, 0) is 82.1 Å². The molecule has 0 amide bonds. The number of aliphatic hydroxyl groups excluding tert-OH is 3. The number of anilines is 1. The summed E-state index contributed by atoms with van der Waals surface area (Å²) in [5.74, 6) is 0.412. The monoisotopic (exact) mass is 777 g/mol. The molecule has 2 saturated carbocycles. The van der Waals surface area contributed by atoms with E-state index in [0.29, 0.717) is 71.8 Å². The first-order valence-corrected chi connectivity index (χ1v) is 18.2. The lowest BCUT2D eigenvalue weighted by molar-refractivity contribution is -0.138. The summed E-state index contributed by atoms with van der Waals surface area (Å²) in [5, 5.41) is 32.9. The summed E-state index contributed by atoms with van der Waals surface area (Å²) >= 11 is 6.17. The minimum absolute atomic E-state index is 0.000781. The van der Waals surface area contributed by atoms with Crippen molar-refractivity contribution in [2.45, 2.75) is 94.4 Å². The van der Waals surface area contributed by atoms with E-state index in [2.05, 4.69) is 25.3 Å². The van der Waals surface area contributed by atoms with Crippen LogP contribution in [0.3, 0.4) is 0 Å². The molecule has 4 heterocycles. The fraction of sp³-hybridized carbons (Fsp3) is 0.459. The molecule has 6 aromatic rings. The Kier molecular flexibility index (Phi) is 10.6. The van der Waals surface area contributed by atoms with Crippen LogP contribution in [0.2, 0.25) is 5.15 Å². The molecule has 2 aromatic carbocycles. The second-order valence-corrected chi connectivity index (χ2v) is 14.3. The van der Waals surface area contributed by atoms with E-state index in [9.17, 15) is 36.6 Å². The Morgan fingerprint density at radius 3 is 1.63 bits per heavy atom. The molecule has 17 heteroatoms. The van der Waals surface area contributed by atoms with E-state index in [4.69, 9.17) is 16.7 Å². The normalized spacial score (nSPS) is 21.1. The molecule has 0 aliphatic heterocycles. The van der Waals surface area contributed by atoms with Crippen LogP contribution in [-0.4, -0.2) is 69.7 Å². The minimum Gasteiger partial charge on any atom is -0.396 e. The Balaban J connectivity index is 0.000000168. The number of pyridine rings is 2. The van der Waals surface area contributed by atoms with Crippen LogP contribution in [0, 0.1) is 0 Å². The molecular weight excluding hydrogens is 740 g/mol. The third kappa shape index (κ3) is 7.66. The van der Waals surface area contributed by atoms with Crippen molar-refractivity contribution in [1.82, 2.24) is 29.1 Å². The van der Waals surface area contributed by atoms with Gasteiger partial charge in [-0.3, -0.25) is 0 Å². The van der Waals surface area contributed by atoms with Crippen molar-refractivity contribution in [2.75, 3.05) is 18.5 Å². The van der Waals surface area contributed by atoms with Crippen LogP contribution in [-0.2, 0) is 12.4 Å². The van der Waals surface area contributed by atoms with Gasteiger partial charge >= 0.3 is 12.4 Å². The average molecular weight is 778 g/mol. The predicted octanol–water partition coefficient (Wildman–Crippen LogP) is 8.61. The molecule has 2 aliphatic rings. The molecule has 54 heavy (non-hydrogen) atoms. The Morgan fingerprint density at radius 1 is 0.685 bits per heavy atom. The van der Waals surface area contributed by atoms with Crippen LogP contribution < -0.4 is 5.32 Å². The van der Waals surface area contributed by atoms with Gasteiger partial charge in [0.2, 0.25) is 0 Å². The molecule has 0 bridgehead atoms. The number of rotatable bonds is 6. The third-order valence-corrected chi connectivity index (χ3v) is 10.6. The summed E-state index contributed by atoms with van der Waals surface area (Å²) in [7, 11) is 0. The van der Waals surface area contributed by atoms with Crippen molar-refractivity contribution in [2.24, 2.45) is 0 Å². The molecule has 2 aliphatic carbocycles. The number of nitrogens with one attached hydrogen (secondary N) is 1. The highest BCUT2D eigenvalue weighted by Crippen LogP contribution is 2.40. The van der Waals surface area contributed by atoms with Crippen molar-refractivity contribution in [1.29, 1.82) is 0 Å². The van der Waals surface area contributed by atoms with Gasteiger partial charge in [0.1, 0.15) is 11.0 Å². The van der Waals surface area contributed by atoms with Crippen LogP contribution in [0.1, 0.15) is 81.0 Å². The number of fused-ring (bicyclic) bond motifs is 6. The summed E-state index contributed by atoms with van der Waals surface area (Å²) in [5.41, 5.74) is 1.48. The van der Waals surface area contributed by atoms with Crippen LogP contribution in [0.15, 0.2) is 49.1 Å². The highest BCUT2D eigenvalue weighted by Gasteiger charge is 2.33. The fourth-order valence-electron chi connectivity index (χ4n) is 7.55. The lowest BCUT2D eigenvalue weighted by atomic mass is 9.93. The van der Waals surface area contributed by atoms with E-state index in [-0.39, 0.29) is 47.1 Å². The maximum Gasteiger partial charge on any atom is 0.416 e. The smallest absolute Gasteiger partial charge is 0.396 e. The Hall–Kier alpha value is -4.25. The van der Waals surface area contributed by atoms with Gasteiger partial charge in [0.05, 0.1) is 58.1 Å². The van der Waals surface area contributed by atoms with Crippen LogP contribution in [0.4, 0.5) is 32.2 Å². The van der Waals surface area contributed by atoms with E-state index in [1.807, 2.05) is 9.13 Å². The molecule has 4 aromatic heterocycles. The molecule has 0 radical (unpaired) electrons. The van der Waals surface area contributed by atoms with E-state index < -0.39 is 23.5 Å². The molecule has 0 saturated heterocycles. The molecular formula is C37H38ClF6N7O3. The maximum absolute atomic E-state index is 13.2. The van der Waals surface area contributed by atoms with E-state index >= 15 is 0 Å². The van der Waals surface area contributed by atoms with Crippen LogP contribution in [0.5, 0.6) is 0 Å². The standard InChI is InChI=1S/C20H23F3N4O2.C17H15ClF3N3O/c21-20(22,23)12-2-7-15-16(10-12)26-19(24-8-1-9-28)17-18(15)27(11-25-17)13-3-5-14(29)6-4-13;18-16-14-15(24(8-22-14)10-2-4-11(25)5-3-10)12-6-1-9(17(19,20)21)7-13(12)23-16/h2,7,10-11,13-14,28-29H,1,3-6,8-9H2,(H,24,26);1,6-8,10-11,25H,2-5H2. The molecule has 2 fully saturated rings. The predicted molar refractivity (Wildman–Crippen MR) is 192 cm³/mol. The fourth-order valence-corrected chi connectivity index (χ4v) is 7.78. The lowest BCUT2D eigenvalue weighted by Gasteiger charge is -2.27. The quantitative estimate of drug-likeness (QED) is 0.0751. The number of hydrogen-bond donors (Lipinski definition) is 4. The first-order valence-electron chi connectivity index (χ1n) is 17.8. The first-order chi connectivity index (χ1) is 25.7. The number of benzene rings is 2. The Morgan fingerprint density at radius 2 is 1.15 bits per heavy atom. The summed E-state index contributed by atoms with van der Waals surface area (Å²) < 4.78 is 82.5. The largest absolute Gasteiger partial charge is 0.416 e. The molecule has 288 valence electrons.